The van der Waals surface area contributed by atoms with Crippen LogP contribution in [0.15, 0.2) is 36.4 Å². The standard InChI is InChI=1S/C15H13F2NO3/c1-18(10-5-3-4-6-12(10)21-2)11-8-7-9(15(19)20)13(16)14(11)17/h3-8H,1-2H3,(H,19,20). The number of carbonyl (C=O) groups is 1. The summed E-state index contributed by atoms with van der Waals surface area (Å²) in [4.78, 5) is 12.2. The summed E-state index contributed by atoms with van der Waals surface area (Å²) in [6, 6.07) is 9.10. The molecule has 0 atom stereocenters. The molecule has 4 nitrogen and oxygen atoms in total. The van der Waals surface area contributed by atoms with Gasteiger partial charge in [0, 0.05) is 7.05 Å². The highest BCUT2D eigenvalue weighted by Gasteiger charge is 2.21. The number of hydrogen-bond donors (Lipinski definition) is 1. The highest BCUT2D eigenvalue weighted by Crippen LogP contribution is 2.34. The summed E-state index contributed by atoms with van der Waals surface area (Å²) >= 11 is 0. The van der Waals surface area contributed by atoms with E-state index in [-0.39, 0.29) is 5.69 Å². The molecule has 0 bridgehead atoms. The highest BCUT2D eigenvalue weighted by molar-refractivity contribution is 5.88. The van der Waals surface area contributed by atoms with E-state index in [4.69, 9.17) is 9.84 Å². The fourth-order valence-electron chi connectivity index (χ4n) is 2.00. The molecule has 2 aromatic carbocycles. The second-order valence-electron chi connectivity index (χ2n) is 4.30. The summed E-state index contributed by atoms with van der Waals surface area (Å²) in [7, 11) is 3.01. The zero-order chi connectivity index (χ0) is 15.6. The number of rotatable bonds is 4. The molecule has 0 heterocycles. The quantitative estimate of drug-likeness (QED) is 0.938. The predicted octanol–water partition coefficient (Wildman–Crippen LogP) is 3.44. The Hall–Kier alpha value is -2.63. The molecule has 0 radical (unpaired) electrons. The average molecular weight is 293 g/mol. The molecular weight excluding hydrogens is 280 g/mol. The molecule has 0 aliphatic heterocycles. The van der Waals surface area contributed by atoms with Crippen LogP contribution < -0.4 is 9.64 Å². The number of halogens is 2. The maximum atomic E-state index is 14.1. The van der Waals surface area contributed by atoms with Crippen LogP contribution in [-0.2, 0) is 0 Å². The Labute approximate surface area is 120 Å². The summed E-state index contributed by atoms with van der Waals surface area (Å²) in [5.41, 5.74) is -0.256. The van der Waals surface area contributed by atoms with Crippen molar-refractivity contribution in [3.05, 3.63) is 53.6 Å². The largest absolute Gasteiger partial charge is 0.495 e. The third kappa shape index (κ3) is 2.65. The molecule has 0 fully saturated rings. The Kier molecular flexibility index (Phi) is 4.07. The van der Waals surface area contributed by atoms with Gasteiger partial charge in [-0.3, -0.25) is 0 Å². The zero-order valence-corrected chi connectivity index (χ0v) is 11.4. The molecule has 0 saturated carbocycles. The second-order valence-corrected chi connectivity index (χ2v) is 4.30. The van der Waals surface area contributed by atoms with E-state index in [2.05, 4.69) is 0 Å². The molecule has 0 unspecified atom stereocenters. The number of para-hydroxylation sites is 2. The third-order valence-electron chi connectivity index (χ3n) is 3.10. The van der Waals surface area contributed by atoms with Crippen LogP contribution in [0.25, 0.3) is 0 Å². The lowest BCUT2D eigenvalue weighted by Gasteiger charge is -2.22. The summed E-state index contributed by atoms with van der Waals surface area (Å²) in [5.74, 6) is -3.63. The maximum absolute atomic E-state index is 14.1. The molecular formula is C15H13F2NO3. The van der Waals surface area contributed by atoms with Crippen LogP contribution in [0, 0.1) is 11.6 Å². The summed E-state index contributed by atoms with van der Waals surface area (Å²) in [6.07, 6.45) is 0. The molecule has 0 spiro atoms. The minimum atomic E-state index is -1.52. The van der Waals surface area contributed by atoms with Crippen LogP contribution in [-0.4, -0.2) is 25.2 Å². The van der Waals surface area contributed by atoms with Gasteiger partial charge in [-0.25, -0.2) is 13.6 Å². The number of anilines is 2. The van der Waals surface area contributed by atoms with Crippen molar-refractivity contribution in [3.8, 4) is 5.75 Å². The van der Waals surface area contributed by atoms with Gasteiger partial charge in [-0.2, -0.15) is 0 Å². The zero-order valence-electron chi connectivity index (χ0n) is 11.4. The predicted molar refractivity (Wildman–Crippen MR) is 74.4 cm³/mol. The van der Waals surface area contributed by atoms with E-state index in [0.29, 0.717) is 11.4 Å². The van der Waals surface area contributed by atoms with Gasteiger partial charge in [0.25, 0.3) is 0 Å². The Morgan fingerprint density at radius 2 is 1.76 bits per heavy atom. The number of carboxylic acid groups (broad SMARTS) is 1. The lowest BCUT2D eigenvalue weighted by atomic mass is 10.1. The van der Waals surface area contributed by atoms with Crippen LogP contribution in [0.4, 0.5) is 20.2 Å². The smallest absolute Gasteiger partial charge is 0.338 e. The van der Waals surface area contributed by atoms with E-state index in [1.807, 2.05) is 0 Å². The number of nitrogens with zero attached hydrogens (tertiary/aromatic N) is 1. The first kappa shape index (κ1) is 14.8. The summed E-state index contributed by atoms with van der Waals surface area (Å²) in [6.45, 7) is 0. The van der Waals surface area contributed by atoms with Gasteiger partial charge in [0.15, 0.2) is 11.6 Å². The van der Waals surface area contributed by atoms with Crippen molar-refractivity contribution in [2.24, 2.45) is 0 Å². The van der Waals surface area contributed by atoms with Gasteiger partial charge >= 0.3 is 5.97 Å². The maximum Gasteiger partial charge on any atom is 0.338 e. The first-order chi connectivity index (χ1) is 9.97. The SMILES string of the molecule is COc1ccccc1N(C)c1ccc(C(=O)O)c(F)c1F. The molecule has 1 N–H and O–H groups in total. The lowest BCUT2D eigenvalue weighted by Crippen LogP contribution is -2.14. The minimum absolute atomic E-state index is 0.0815. The number of ether oxygens (including phenoxy) is 1. The van der Waals surface area contributed by atoms with E-state index in [1.54, 1.807) is 24.3 Å². The minimum Gasteiger partial charge on any atom is -0.495 e. The van der Waals surface area contributed by atoms with Crippen molar-refractivity contribution < 1.29 is 23.4 Å². The van der Waals surface area contributed by atoms with Crippen LogP contribution in [0.1, 0.15) is 10.4 Å². The van der Waals surface area contributed by atoms with Gasteiger partial charge in [0.05, 0.1) is 24.0 Å². The van der Waals surface area contributed by atoms with Gasteiger partial charge in [-0.05, 0) is 24.3 Å². The summed E-state index contributed by atoms with van der Waals surface area (Å²) < 4.78 is 33.0. The number of aromatic carboxylic acids is 1. The monoisotopic (exact) mass is 293 g/mol. The van der Waals surface area contributed by atoms with E-state index >= 15 is 0 Å². The van der Waals surface area contributed by atoms with Gasteiger partial charge in [0.2, 0.25) is 0 Å². The number of carboxylic acids is 1. The van der Waals surface area contributed by atoms with E-state index in [9.17, 15) is 13.6 Å². The van der Waals surface area contributed by atoms with Crippen LogP contribution in [0.3, 0.4) is 0 Å². The fourth-order valence-corrected chi connectivity index (χ4v) is 2.00. The molecule has 0 amide bonds. The highest BCUT2D eigenvalue weighted by atomic mass is 19.2. The molecule has 6 heteroatoms. The van der Waals surface area contributed by atoms with Gasteiger partial charge < -0.3 is 14.7 Å². The Morgan fingerprint density at radius 3 is 2.38 bits per heavy atom. The van der Waals surface area contributed by atoms with Crippen LogP contribution in [0.2, 0.25) is 0 Å². The average Bonchev–Trinajstić information content (AvgIpc) is 2.48. The number of benzene rings is 2. The normalized spacial score (nSPS) is 10.3. The summed E-state index contributed by atoms with van der Waals surface area (Å²) in [5, 5.41) is 8.78. The van der Waals surface area contributed by atoms with Crippen molar-refractivity contribution in [2.45, 2.75) is 0 Å². The Bertz CT molecular complexity index is 689. The number of methoxy groups -OCH3 is 1. The molecule has 0 aliphatic carbocycles. The Morgan fingerprint density at radius 1 is 1.10 bits per heavy atom. The van der Waals surface area contributed by atoms with Gasteiger partial charge in [0.1, 0.15) is 5.75 Å². The second kappa shape index (κ2) is 5.78. The fraction of sp³-hybridized carbons (Fsp3) is 0.133. The number of hydrogen-bond acceptors (Lipinski definition) is 3. The Balaban J connectivity index is 2.52. The van der Waals surface area contributed by atoms with E-state index < -0.39 is 23.2 Å². The van der Waals surface area contributed by atoms with Crippen molar-refractivity contribution in [1.29, 1.82) is 0 Å². The topological polar surface area (TPSA) is 49.8 Å². The van der Waals surface area contributed by atoms with Gasteiger partial charge in [-0.1, -0.05) is 12.1 Å². The van der Waals surface area contributed by atoms with E-state index in [1.165, 1.54) is 25.1 Å². The molecule has 0 aliphatic rings. The molecule has 2 aromatic rings. The molecule has 110 valence electrons. The first-order valence-corrected chi connectivity index (χ1v) is 6.05. The van der Waals surface area contributed by atoms with E-state index in [0.717, 1.165) is 6.07 Å². The first-order valence-electron chi connectivity index (χ1n) is 6.05. The molecule has 2 rings (SSSR count). The molecule has 0 saturated heterocycles. The molecule has 0 aromatic heterocycles. The molecule has 21 heavy (non-hydrogen) atoms. The van der Waals surface area contributed by atoms with Crippen molar-refractivity contribution in [3.63, 3.8) is 0 Å². The van der Waals surface area contributed by atoms with Crippen molar-refractivity contribution in [1.82, 2.24) is 0 Å². The lowest BCUT2D eigenvalue weighted by molar-refractivity contribution is 0.0690. The van der Waals surface area contributed by atoms with Gasteiger partial charge in [-0.15, -0.1) is 0 Å². The van der Waals surface area contributed by atoms with Crippen LogP contribution >= 0.6 is 0 Å². The van der Waals surface area contributed by atoms with Crippen molar-refractivity contribution in [2.75, 3.05) is 19.1 Å². The van der Waals surface area contributed by atoms with Crippen LogP contribution in [0.5, 0.6) is 5.75 Å². The van der Waals surface area contributed by atoms with Crippen molar-refractivity contribution >= 4 is 17.3 Å². The third-order valence-corrected chi connectivity index (χ3v) is 3.10.